The van der Waals surface area contributed by atoms with Gasteiger partial charge in [-0.05, 0) is 34.1 Å². The van der Waals surface area contributed by atoms with E-state index in [1.165, 1.54) is 20.8 Å². The zero-order valence-corrected chi connectivity index (χ0v) is 26.0. The minimum atomic E-state index is -1.74. The van der Waals surface area contributed by atoms with Crippen molar-refractivity contribution in [3.8, 4) is 0 Å². The lowest BCUT2D eigenvalue weighted by Crippen LogP contribution is -2.66. The van der Waals surface area contributed by atoms with Gasteiger partial charge in [-0.3, -0.25) is 0 Å². The summed E-state index contributed by atoms with van der Waals surface area (Å²) in [6, 6.07) is 0. The van der Waals surface area contributed by atoms with Gasteiger partial charge >= 0.3 is 0 Å². The molecule has 264 valence electrons. The molecule has 45 heavy (non-hydrogen) atoms. The molecule has 4 saturated heterocycles. The van der Waals surface area contributed by atoms with Crippen LogP contribution < -0.4 is 0 Å². The smallest absolute Gasteiger partial charge is 0.187 e. The fraction of sp³-hybridized carbons (Fsp3) is 1.00. The molecule has 0 aromatic heterocycles. The van der Waals surface area contributed by atoms with E-state index in [2.05, 4.69) is 0 Å². The van der Waals surface area contributed by atoms with E-state index in [0.717, 1.165) is 6.42 Å². The van der Waals surface area contributed by atoms with Crippen LogP contribution in [0.25, 0.3) is 0 Å². The van der Waals surface area contributed by atoms with Crippen LogP contribution in [-0.4, -0.2) is 175 Å². The Bertz CT molecular complexity index is 916. The van der Waals surface area contributed by atoms with Gasteiger partial charge in [-0.2, -0.15) is 0 Å². The Morgan fingerprint density at radius 3 is 1.31 bits per heavy atom. The molecule has 4 fully saturated rings. The highest BCUT2D eigenvalue weighted by Crippen LogP contribution is 2.35. The van der Waals surface area contributed by atoms with E-state index < -0.39 is 123 Å². The highest BCUT2D eigenvalue weighted by atomic mass is 16.8. The summed E-state index contributed by atoms with van der Waals surface area (Å²) in [7, 11) is 0. The molecule has 0 aromatic carbocycles. The molecule has 4 aliphatic heterocycles. The molecule has 4 heterocycles. The van der Waals surface area contributed by atoms with Gasteiger partial charge in [0.15, 0.2) is 25.2 Å². The van der Waals surface area contributed by atoms with Gasteiger partial charge in [-0.15, -0.1) is 0 Å². The van der Waals surface area contributed by atoms with Gasteiger partial charge in [0.25, 0.3) is 0 Å². The maximum atomic E-state index is 11.6. The fourth-order valence-corrected chi connectivity index (χ4v) is 5.78. The lowest BCUT2D eigenvalue weighted by Gasteiger charge is -2.49. The Kier molecular flexibility index (Phi) is 13.0. The summed E-state index contributed by atoms with van der Waals surface area (Å²) in [6.45, 7) is 8.16. The third-order valence-electron chi connectivity index (χ3n) is 8.81. The monoisotopic (exact) mass is 658 g/mol. The Balaban J connectivity index is 1.55. The van der Waals surface area contributed by atoms with Gasteiger partial charge in [-0.1, -0.05) is 13.3 Å². The van der Waals surface area contributed by atoms with Crippen molar-refractivity contribution in [2.45, 2.75) is 170 Å². The van der Waals surface area contributed by atoms with E-state index in [-0.39, 0.29) is 6.61 Å². The maximum Gasteiger partial charge on any atom is 0.187 e. The van der Waals surface area contributed by atoms with Gasteiger partial charge in [0.05, 0.1) is 24.4 Å². The van der Waals surface area contributed by atoms with Crippen molar-refractivity contribution in [1.82, 2.24) is 0 Å². The maximum absolute atomic E-state index is 11.6. The minimum absolute atomic E-state index is 0.240. The second-order valence-corrected chi connectivity index (χ2v) is 12.3. The van der Waals surface area contributed by atoms with Crippen molar-refractivity contribution in [3.05, 3.63) is 0 Å². The standard InChI is InChI=1S/C28H50O17/c1-6-7-8-38-27-24(45-26-20(36)17(33)14(30)10(3)40-26)21(37)22(12(5)42-27)43-28-23(18(34)15(31)11(4)41-28)44-25-19(35)16(32)13(29)9(2)39-25/h9-37H,6-8H2,1-5H3. The van der Waals surface area contributed by atoms with Crippen molar-refractivity contribution in [1.29, 1.82) is 0 Å². The summed E-state index contributed by atoms with van der Waals surface area (Å²) < 4.78 is 46.6. The van der Waals surface area contributed by atoms with E-state index in [4.69, 9.17) is 37.9 Å². The van der Waals surface area contributed by atoms with Crippen LogP contribution in [0, 0.1) is 0 Å². The Labute approximate surface area is 261 Å². The zero-order chi connectivity index (χ0) is 33.3. The van der Waals surface area contributed by atoms with E-state index in [1.54, 1.807) is 6.92 Å². The van der Waals surface area contributed by atoms with E-state index in [1.807, 2.05) is 6.92 Å². The molecule has 17 nitrogen and oxygen atoms in total. The minimum Gasteiger partial charge on any atom is -0.388 e. The summed E-state index contributed by atoms with van der Waals surface area (Å²) in [4.78, 5) is 0. The van der Waals surface area contributed by atoms with Gasteiger partial charge in [-0.25, -0.2) is 0 Å². The van der Waals surface area contributed by atoms with Crippen molar-refractivity contribution < 1.29 is 83.9 Å². The summed E-state index contributed by atoms with van der Waals surface area (Å²) in [5, 5.41) is 94.8. The second kappa shape index (κ2) is 15.7. The molecule has 20 atom stereocenters. The second-order valence-electron chi connectivity index (χ2n) is 12.3. The predicted molar refractivity (Wildman–Crippen MR) is 147 cm³/mol. The van der Waals surface area contributed by atoms with Crippen LogP contribution in [0.3, 0.4) is 0 Å². The average molecular weight is 659 g/mol. The molecule has 4 aliphatic rings. The summed E-state index contributed by atoms with van der Waals surface area (Å²) in [5.41, 5.74) is 0. The molecule has 0 aliphatic carbocycles. The van der Waals surface area contributed by atoms with Crippen molar-refractivity contribution in [2.75, 3.05) is 6.61 Å². The number of ether oxygens (including phenoxy) is 8. The van der Waals surface area contributed by atoms with Crippen molar-refractivity contribution in [2.24, 2.45) is 0 Å². The number of aliphatic hydroxyl groups is 9. The molecule has 17 heteroatoms. The molecule has 0 aromatic rings. The van der Waals surface area contributed by atoms with Crippen molar-refractivity contribution >= 4 is 0 Å². The molecule has 0 radical (unpaired) electrons. The quantitative estimate of drug-likeness (QED) is 0.102. The third kappa shape index (κ3) is 7.97. The molecule has 0 amide bonds. The number of unbranched alkanes of at least 4 members (excludes halogenated alkanes) is 1. The number of hydrogen-bond acceptors (Lipinski definition) is 17. The van der Waals surface area contributed by atoms with Crippen LogP contribution >= 0.6 is 0 Å². The number of rotatable bonds is 10. The predicted octanol–water partition coefficient (Wildman–Crippen LogP) is -3.81. The van der Waals surface area contributed by atoms with Crippen LogP contribution in [-0.2, 0) is 37.9 Å². The summed E-state index contributed by atoms with van der Waals surface area (Å²) in [6.07, 6.45) is -26.4. The largest absolute Gasteiger partial charge is 0.388 e. The Morgan fingerprint density at radius 2 is 0.822 bits per heavy atom. The van der Waals surface area contributed by atoms with E-state index in [9.17, 15) is 46.0 Å². The molecule has 4 rings (SSSR count). The first-order chi connectivity index (χ1) is 21.2. The van der Waals surface area contributed by atoms with E-state index >= 15 is 0 Å². The normalized spacial score (nSPS) is 52.9. The summed E-state index contributed by atoms with van der Waals surface area (Å²) >= 11 is 0. The highest BCUT2D eigenvalue weighted by Gasteiger charge is 2.54. The third-order valence-corrected chi connectivity index (χ3v) is 8.81. The Hall–Kier alpha value is -0.680. The highest BCUT2D eigenvalue weighted by molar-refractivity contribution is 4.96. The molecule has 0 bridgehead atoms. The van der Waals surface area contributed by atoms with E-state index in [0.29, 0.717) is 6.42 Å². The van der Waals surface area contributed by atoms with Crippen LogP contribution in [0.2, 0.25) is 0 Å². The first-order valence-electron chi connectivity index (χ1n) is 15.5. The van der Waals surface area contributed by atoms with Gasteiger partial charge in [0, 0.05) is 6.61 Å². The molecule has 0 saturated carbocycles. The first kappa shape index (κ1) is 37.1. The topological polar surface area (TPSA) is 256 Å². The summed E-state index contributed by atoms with van der Waals surface area (Å²) in [5.74, 6) is 0. The van der Waals surface area contributed by atoms with Gasteiger partial charge in [0.1, 0.15) is 73.2 Å². The molecular formula is C28H50O17. The van der Waals surface area contributed by atoms with Gasteiger partial charge in [0.2, 0.25) is 0 Å². The fourth-order valence-electron chi connectivity index (χ4n) is 5.78. The van der Waals surface area contributed by atoms with Crippen LogP contribution in [0.15, 0.2) is 0 Å². The Morgan fingerprint density at radius 1 is 0.422 bits per heavy atom. The molecule has 0 spiro atoms. The van der Waals surface area contributed by atoms with Crippen LogP contribution in [0.5, 0.6) is 0 Å². The molecule has 20 unspecified atom stereocenters. The van der Waals surface area contributed by atoms with Crippen molar-refractivity contribution in [3.63, 3.8) is 0 Å². The molecular weight excluding hydrogens is 608 g/mol. The van der Waals surface area contributed by atoms with Crippen LogP contribution in [0.1, 0.15) is 47.5 Å². The van der Waals surface area contributed by atoms with Gasteiger partial charge < -0.3 is 83.9 Å². The zero-order valence-electron chi connectivity index (χ0n) is 26.0. The lowest BCUT2D eigenvalue weighted by atomic mass is 9.96. The lowest BCUT2D eigenvalue weighted by molar-refractivity contribution is -0.394. The molecule has 9 N–H and O–H groups in total. The average Bonchev–Trinajstić information content (AvgIpc) is 3.00. The SMILES string of the molecule is CCCCOC1OC(C)C(OC2OC(C)C(O)C(O)C2OC2OC(C)C(O)C(O)C2O)C(O)C1OC1OC(C)C(O)C(O)C1O. The number of aliphatic hydroxyl groups excluding tert-OH is 9. The van der Waals surface area contributed by atoms with Crippen LogP contribution in [0.4, 0.5) is 0 Å². The number of hydrogen-bond donors (Lipinski definition) is 9. The first-order valence-corrected chi connectivity index (χ1v) is 15.5.